The van der Waals surface area contributed by atoms with E-state index in [4.69, 9.17) is 10.6 Å². The van der Waals surface area contributed by atoms with E-state index in [1.165, 1.54) is 23.8 Å². The van der Waals surface area contributed by atoms with Crippen molar-refractivity contribution in [3.8, 4) is 0 Å². The fourth-order valence-corrected chi connectivity index (χ4v) is 5.63. The fourth-order valence-electron chi connectivity index (χ4n) is 3.74. The van der Waals surface area contributed by atoms with Gasteiger partial charge in [-0.05, 0) is 12.5 Å². The second-order valence-corrected chi connectivity index (χ2v) is 9.38. The number of hydrogen-bond acceptors (Lipinski definition) is 10. The van der Waals surface area contributed by atoms with Crippen molar-refractivity contribution >= 4 is 51.7 Å². The zero-order chi connectivity index (χ0) is 23.9. The topological polar surface area (TPSA) is 159 Å². The molecular formula is C19H21N7O5S2. The summed E-state index contributed by atoms with van der Waals surface area (Å²) in [6.45, 7) is 2.21. The third-order valence-corrected chi connectivity index (χ3v) is 7.36. The molecule has 2 aromatic heterocycles. The summed E-state index contributed by atoms with van der Waals surface area (Å²) in [6, 6.07) is 0.980. The average molecular weight is 492 g/mol. The van der Waals surface area contributed by atoms with Gasteiger partial charge in [0.05, 0.1) is 17.4 Å². The first-order valence-corrected chi connectivity index (χ1v) is 11.7. The molecule has 12 nitrogen and oxygen atoms in total. The van der Waals surface area contributed by atoms with Crippen LogP contribution in [0.15, 0.2) is 34.1 Å². The Morgan fingerprint density at radius 3 is 2.82 bits per heavy atom. The van der Waals surface area contributed by atoms with E-state index < -0.39 is 29.2 Å². The number of thiazole rings is 1. The number of fused-ring (bicyclic) bond motifs is 1. The summed E-state index contributed by atoms with van der Waals surface area (Å²) in [5.41, 5.74) is 7.06. The second kappa shape index (κ2) is 8.86. The predicted octanol–water partition coefficient (Wildman–Crippen LogP) is -1.89. The molecule has 2 amide bonds. The maximum Gasteiger partial charge on any atom is 0.276 e. The van der Waals surface area contributed by atoms with E-state index in [1.807, 2.05) is 35.6 Å². The molecule has 2 aromatic rings. The highest BCUT2D eigenvalue weighted by molar-refractivity contribution is 8.00. The Morgan fingerprint density at radius 2 is 2.24 bits per heavy atom. The van der Waals surface area contributed by atoms with Gasteiger partial charge < -0.3 is 25.8 Å². The summed E-state index contributed by atoms with van der Waals surface area (Å²) in [5.74, 6) is -2.29. The number of nitrogens with two attached hydrogens (primary N) is 1. The maximum absolute atomic E-state index is 12.9. The van der Waals surface area contributed by atoms with Gasteiger partial charge in [0.15, 0.2) is 24.1 Å². The Balaban J connectivity index is 1.55. The average Bonchev–Trinajstić information content (AvgIpc) is 3.35. The number of nitrogen functional groups attached to an aromatic ring is 1. The number of amides is 2. The van der Waals surface area contributed by atoms with Crippen LogP contribution in [0.5, 0.6) is 0 Å². The van der Waals surface area contributed by atoms with Gasteiger partial charge in [-0.2, -0.15) is 4.68 Å². The zero-order valence-corrected chi connectivity index (χ0v) is 19.6. The molecule has 0 aliphatic carbocycles. The Kier molecular flexibility index (Phi) is 6.12. The number of hydrogen-bond donors (Lipinski definition) is 2. The number of aryl methyl sites for hydroxylation is 2. The Bertz CT molecular complexity index is 1180. The van der Waals surface area contributed by atoms with Crippen molar-refractivity contribution in [3.63, 3.8) is 0 Å². The van der Waals surface area contributed by atoms with E-state index in [0.29, 0.717) is 17.9 Å². The normalized spacial score (nSPS) is 20.4. The van der Waals surface area contributed by atoms with E-state index in [9.17, 15) is 19.5 Å². The van der Waals surface area contributed by atoms with Crippen LogP contribution in [-0.4, -0.2) is 62.3 Å². The van der Waals surface area contributed by atoms with Crippen molar-refractivity contribution in [2.24, 2.45) is 12.2 Å². The molecule has 1 saturated heterocycles. The highest BCUT2D eigenvalue weighted by atomic mass is 32.2. The standard InChI is InChI=1S/C19H21N7O5S2/c1-9-4-5-24(2)25(9)6-10-7-32-17-13(16(28)26(17)14(10)18(29)30)22-15(27)12(23-31-3)11-8-33-19(20)21-11/h4-5,8,13,17H,6-7H2,1-3H3,(H3-,20,21,22,27,29,30)/t13-,17-/m1/s1. The number of nitrogens with zero attached hydrogens (tertiary/aromatic N) is 5. The van der Waals surface area contributed by atoms with Crippen LogP contribution >= 0.6 is 23.1 Å². The summed E-state index contributed by atoms with van der Waals surface area (Å²) < 4.78 is 3.74. The van der Waals surface area contributed by atoms with Crippen LogP contribution < -0.4 is 20.8 Å². The minimum Gasteiger partial charge on any atom is -0.543 e. The molecule has 33 heavy (non-hydrogen) atoms. The fraction of sp³-hybridized carbons (Fsp3) is 0.368. The molecule has 1 fully saturated rings. The first-order chi connectivity index (χ1) is 15.7. The van der Waals surface area contributed by atoms with Gasteiger partial charge in [-0.3, -0.25) is 14.5 Å². The Labute approximate surface area is 196 Å². The van der Waals surface area contributed by atoms with Gasteiger partial charge in [-0.1, -0.05) is 5.16 Å². The van der Waals surface area contributed by atoms with Gasteiger partial charge in [0.2, 0.25) is 0 Å². The molecule has 4 rings (SSSR count). The minimum absolute atomic E-state index is 0.135. The molecule has 0 bridgehead atoms. The molecule has 14 heteroatoms. The van der Waals surface area contributed by atoms with Gasteiger partial charge in [-0.15, -0.1) is 27.8 Å². The Hall–Kier alpha value is -3.39. The molecule has 2 aliphatic rings. The highest BCUT2D eigenvalue weighted by Crippen LogP contribution is 2.40. The Morgan fingerprint density at radius 1 is 1.48 bits per heavy atom. The lowest BCUT2D eigenvalue weighted by Crippen LogP contribution is -2.71. The molecule has 4 heterocycles. The van der Waals surface area contributed by atoms with Crippen molar-refractivity contribution in [1.82, 2.24) is 19.9 Å². The van der Waals surface area contributed by atoms with Gasteiger partial charge in [0.25, 0.3) is 11.8 Å². The van der Waals surface area contributed by atoms with Crippen LogP contribution in [0.2, 0.25) is 0 Å². The molecule has 3 N–H and O–H groups in total. The number of aromatic nitrogens is 3. The molecule has 0 aromatic carbocycles. The van der Waals surface area contributed by atoms with Crippen molar-refractivity contribution in [2.75, 3.05) is 18.6 Å². The quantitative estimate of drug-likeness (QED) is 0.197. The van der Waals surface area contributed by atoms with Crippen molar-refractivity contribution < 1.29 is 29.0 Å². The van der Waals surface area contributed by atoms with Crippen LogP contribution in [0.25, 0.3) is 0 Å². The lowest BCUT2D eigenvalue weighted by molar-refractivity contribution is -0.753. The van der Waals surface area contributed by atoms with E-state index in [1.54, 1.807) is 5.38 Å². The molecule has 0 radical (unpaired) electrons. The number of rotatable bonds is 7. The largest absolute Gasteiger partial charge is 0.543 e. The summed E-state index contributed by atoms with van der Waals surface area (Å²) in [5, 5.41) is 19.5. The highest BCUT2D eigenvalue weighted by Gasteiger charge is 2.53. The monoisotopic (exact) mass is 491 g/mol. The van der Waals surface area contributed by atoms with E-state index in [2.05, 4.69) is 15.5 Å². The third-order valence-electron chi connectivity index (χ3n) is 5.35. The number of oxime groups is 1. The number of β-lactam (4-membered cyclic amide) rings is 1. The summed E-state index contributed by atoms with van der Waals surface area (Å²) in [6.07, 6.45) is 1.86. The number of aliphatic carboxylic acids is 1. The van der Waals surface area contributed by atoms with Crippen LogP contribution in [0.1, 0.15) is 11.4 Å². The summed E-state index contributed by atoms with van der Waals surface area (Å²) in [7, 11) is 3.13. The predicted molar refractivity (Wildman–Crippen MR) is 117 cm³/mol. The molecule has 2 atom stereocenters. The first kappa shape index (κ1) is 22.8. The van der Waals surface area contributed by atoms with Crippen molar-refractivity contribution in [2.45, 2.75) is 24.9 Å². The van der Waals surface area contributed by atoms with Gasteiger partial charge in [0, 0.05) is 17.2 Å². The van der Waals surface area contributed by atoms with Crippen molar-refractivity contribution in [1.29, 1.82) is 0 Å². The molecule has 174 valence electrons. The lowest BCUT2D eigenvalue weighted by Gasteiger charge is -2.50. The summed E-state index contributed by atoms with van der Waals surface area (Å²) >= 11 is 2.50. The van der Waals surface area contributed by atoms with Crippen LogP contribution in [0, 0.1) is 6.92 Å². The lowest BCUT2D eigenvalue weighted by atomic mass is 10.0. The smallest absolute Gasteiger partial charge is 0.276 e. The zero-order valence-electron chi connectivity index (χ0n) is 18.0. The minimum atomic E-state index is -1.43. The molecule has 0 saturated carbocycles. The summed E-state index contributed by atoms with van der Waals surface area (Å²) in [4.78, 5) is 47.6. The number of carbonyl (C=O) groups is 3. The third kappa shape index (κ3) is 4.06. The second-order valence-electron chi connectivity index (χ2n) is 7.38. The van der Waals surface area contributed by atoms with Crippen LogP contribution in [0.4, 0.5) is 5.13 Å². The SMILES string of the molecule is CON=C(C(=O)N[C@@H]1C(=O)N2C(C(=O)[O-])=C(Cn3c(C)cc[n+]3C)CS[C@H]12)c1csc(N)n1. The number of carbonyl (C=O) groups excluding carboxylic acids is 3. The molecule has 0 unspecified atom stereocenters. The number of nitrogens with one attached hydrogen (secondary N) is 1. The van der Waals surface area contributed by atoms with E-state index in [-0.39, 0.29) is 22.2 Å². The van der Waals surface area contributed by atoms with Gasteiger partial charge >= 0.3 is 0 Å². The van der Waals surface area contributed by atoms with Crippen LogP contribution in [-0.2, 0) is 32.8 Å². The van der Waals surface area contributed by atoms with Crippen molar-refractivity contribution in [3.05, 3.63) is 40.3 Å². The first-order valence-electron chi connectivity index (χ1n) is 9.76. The maximum atomic E-state index is 12.9. The molecule has 0 spiro atoms. The van der Waals surface area contributed by atoms with E-state index >= 15 is 0 Å². The molecular weight excluding hydrogens is 470 g/mol. The molecule has 2 aliphatic heterocycles. The number of carboxylic acid groups (broad SMARTS) is 1. The van der Waals surface area contributed by atoms with Gasteiger partial charge in [-0.25, -0.2) is 4.98 Å². The van der Waals surface area contributed by atoms with Crippen LogP contribution in [0.3, 0.4) is 0 Å². The number of carboxylic acids is 1. The number of thioether (sulfide) groups is 1. The van der Waals surface area contributed by atoms with Gasteiger partial charge in [0.1, 0.15) is 30.8 Å². The van der Waals surface area contributed by atoms with E-state index in [0.717, 1.165) is 17.0 Å². The number of anilines is 1.